The molecule has 0 aromatic carbocycles. The summed E-state index contributed by atoms with van der Waals surface area (Å²) in [6, 6.07) is 0. The van der Waals surface area contributed by atoms with Gasteiger partial charge in [-0.15, -0.1) is 0 Å². The highest BCUT2D eigenvalue weighted by molar-refractivity contribution is 4.76. The van der Waals surface area contributed by atoms with Gasteiger partial charge in [-0.05, 0) is 24.2 Å². The summed E-state index contributed by atoms with van der Waals surface area (Å²) in [5.41, 5.74) is 0. The molecule has 0 saturated heterocycles. The van der Waals surface area contributed by atoms with Crippen LogP contribution in [0.4, 0.5) is 0 Å². The monoisotopic (exact) mass is 182 g/mol. The second-order valence-electron chi connectivity index (χ2n) is 4.86. The Morgan fingerprint density at radius 2 is 1.77 bits per heavy atom. The maximum absolute atomic E-state index is 2.46. The van der Waals surface area contributed by atoms with Gasteiger partial charge >= 0.3 is 0 Å². The fourth-order valence-corrected chi connectivity index (χ4v) is 2.97. The minimum absolute atomic E-state index is 0.961. The first-order valence-corrected chi connectivity index (χ1v) is 6.29. The molecule has 0 bridgehead atoms. The van der Waals surface area contributed by atoms with Crippen LogP contribution in [-0.4, -0.2) is 0 Å². The van der Waals surface area contributed by atoms with Crippen molar-refractivity contribution in [2.24, 2.45) is 17.8 Å². The highest BCUT2D eigenvalue weighted by atomic mass is 14.3. The van der Waals surface area contributed by atoms with E-state index in [4.69, 9.17) is 0 Å². The molecule has 1 aliphatic carbocycles. The summed E-state index contributed by atoms with van der Waals surface area (Å²) in [6.07, 6.45) is 10.3. The Labute approximate surface area is 84.1 Å². The minimum Gasteiger partial charge on any atom is -0.0651 e. The zero-order valence-corrected chi connectivity index (χ0v) is 9.68. The average Bonchev–Trinajstić information content (AvgIpc) is 2.41. The molecule has 0 nitrogen and oxygen atoms in total. The Balaban J connectivity index is 2.53. The SMILES string of the molecule is CCC(C)C1CCCCCC1CC. The van der Waals surface area contributed by atoms with E-state index in [2.05, 4.69) is 20.8 Å². The third-order valence-electron chi connectivity index (χ3n) is 4.12. The lowest BCUT2D eigenvalue weighted by molar-refractivity contribution is 0.214. The van der Waals surface area contributed by atoms with Crippen molar-refractivity contribution in [1.29, 1.82) is 0 Å². The van der Waals surface area contributed by atoms with Gasteiger partial charge in [0.1, 0.15) is 0 Å². The number of hydrogen-bond donors (Lipinski definition) is 0. The topological polar surface area (TPSA) is 0 Å². The first-order chi connectivity index (χ1) is 6.29. The summed E-state index contributed by atoms with van der Waals surface area (Å²) in [5, 5.41) is 0. The van der Waals surface area contributed by atoms with Crippen molar-refractivity contribution in [1.82, 2.24) is 0 Å². The molecule has 0 aromatic rings. The molecule has 0 amide bonds. The third kappa shape index (κ3) is 3.00. The Kier molecular flexibility index (Phi) is 4.83. The fourth-order valence-electron chi connectivity index (χ4n) is 2.97. The van der Waals surface area contributed by atoms with Crippen molar-refractivity contribution in [2.45, 2.75) is 65.7 Å². The molecular weight excluding hydrogens is 156 g/mol. The maximum atomic E-state index is 2.46. The maximum Gasteiger partial charge on any atom is -0.0360 e. The van der Waals surface area contributed by atoms with Crippen molar-refractivity contribution in [2.75, 3.05) is 0 Å². The van der Waals surface area contributed by atoms with E-state index in [0.29, 0.717) is 0 Å². The van der Waals surface area contributed by atoms with Crippen molar-refractivity contribution in [3.63, 3.8) is 0 Å². The second-order valence-corrected chi connectivity index (χ2v) is 4.86. The molecule has 0 heterocycles. The standard InChI is InChI=1S/C13H26/c1-4-11(3)13-10-8-6-7-9-12(13)5-2/h11-13H,4-10H2,1-3H3. The molecular formula is C13H26. The predicted octanol–water partition coefficient (Wildman–Crippen LogP) is 4.64. The lowest BCUT2D eigenvalue weighted by Gasteiger charge is -2.29. The van der Waals surface area contributed by atoms with Crippen LogP contribution in [-0.2, 0) is 0 Å². The van der Waals surface area contributed by atoms with E-state index in [1.54, 1.807) is 0 Å². The first-order valence-electron chi connectivity index (χ1n) is 6.29. The van der Waals surface area contributed by atoms with E-state index < -0.39 is 0 Å². The summed E-state index contributed by atoms with van der Waals surface area (Å²) in [4.78, 5) is 0. The van der Waals surface area contributed by atoms with E-state index in [1.165, 1.54) is 44.9 Å². The fraction of sp³-hybridized carbons (Fsp3) is 1.00. The molecule has 1 aliphatic rings. The largest absolute Gasteiger partial charge is 0.0651 e. The molecule has 1 saturated carbocycles. The highest BCUT2D eigenvalue weighted by Crippen LogP contribution is 2.36. The van der Waals surface area contributed by atoms with Gasteiger partial charge < -0.3 is 0 Å². The summed E-state index contributed by atoms with van der Waals surface area (Å²) in [6.45, 7) is 7.19. The van der Waals surface area contributed by atoms with E-state index >= 15 is 0 Å². The summed E-state index contributed by atoms with van der Waals surface area (Å²) < 4.78 is 0. The van der Waals surface area contributed by atoms with Crippen LogP contribution in [0.2, 0.25) is 0 Å². The van der Waals surface area contributed by atoms with Gasteiger partial charge in [-0.3, -0.25) is 0 Å². The lowest BCUT2D eigenvalue weighted by atomic mass is 9.77. The smallest absolute Gasteiger partial charge is 0.0360 e. The third-order valence-corrected chi connectivity index (χ3v) is 4.12. The van der Waals surface area contributed by atoms with Crippen LogP contribution >= 0.6 is 0 Å². The van der Waals surface area contributed by atoms with Crippen LogP contribution in [0, 0.1) is 17.8 Å². The van der Waals surface area contributed by atoms with Gasteiger partial charge in [0, 0.05) is 0 Å². The van der Waals surface area contributed by atoms with Crippen LogP contribution in [0.1, 0.15) is 65.7 Å². The number of rotatable bonds is 3. The minimum atomic E-state index is 0.961. The van der Waals surface area contributed by atoms with Crippen LogP contribution in [0.25, 0.3) is 0 Å². The molecule has 3 unspecified atom stereocenters. The zero-order chi connectivity index (χ0) is 9.68. The Hall–Kier alpha value is 0. The van der Waals surface area contributed by atoms with Gasteiger partial charge in [-0.1, -0.05) is 59.3 Å². The lowest BCUT2D eigenvalue weighted by Crippen LogP contribution is -2.19. The molecule has 78 valence electrons. The molecule has 13 heavy (non-hydrogen) atoms. The Morgan fingerprint density at radius 3 is 2.38 bits per heavy atom. The molecule has 0 radical (unpaired) electrons. The summed E-state index contributed by atoms with van der Waals surface area (Å²) >= 11 is 0. The van der Waals surface area contributed by atoms with E-state index in [0.717, 1.165) is 17.8 Å². The van der Waals surface area contributed by atoms with Crippen molar-refractivity contribution in [3.05, 3.63) is 0 Å². The van der Waals surface area contributed by atoms with Gasteiger partial charge in [0.25, 0.3) is 0 Å². The van der Waals surface area contributed by atoms with Gasteiger partial charge in [0.05, 0.1) is 0 Å². The number of hydrogen-bond acceptors (Lipinski definition) is 0. The van der Waals surface area contributed by atoms with Crippen molar-refractivity contribution >= 4 is 0 Å². The van der Waals surface area contributed by atoms with Gasteiger partial charge in [-0.25, -0.2) is 0 Å². The molecule has 1 rings (SSSR count). The van der Waals surface area contributed by atoms with Crippen LogP contribution in [0.3, 0.4) is 0 Å². The second kappa shape index (κ2) is 5.67. The van der Waals surface area contributed by atoms with E-state index in [1.807, 2.05) is 0 Å². The van der Waals surface area contributed by atoms with Crippen LogP contribution < -0.4 is 0 Å². The molecule has 1 fully saturated rings. The molecule has 0 heteroatoms. The van der Waals surface area contributed by atoms with E-state index in [9.17, 15) is 0 Å². The quantitative estimate of drug-likeness (QED) is 0.558. The van der Waals surface area contributed by atoms with Crippen molar-refractivity contribution < 1.29 is 0 Å². The molecule has 0 aliphatic heterocycles. The van der Waals surface area contributed by atoms with Gasteiger partial charge in [0.15, 0.2) is 0 Å². The zero-order valence-electron chi connectivity index (χ0n) is 9.68. The predicted molar refractivity (Wildman–Crippen MR) is 59.8 cm³/mol. The molecule has 0 spiro atoms. The highest BCUT2D eigenvalue weighted by Gasteiger charge is 2.25. The summed E-state index contributed by atoms with van der Waals surface area (Å²) in [7, 11) is 0. The average molecular weight is 182 g/mol. The van der Waals surface area contributed by atoms with Gasteiger partial charge in [0.2, 0.25) is 0 Å². The normalized spacial score (nSPS) is 32.5. The van der Waals surface area contributed by atoms with Gasteiger partial charge in [-0.2, -0.15) is 0 Å². The first kappa shape index (κ1) is 11.1. The Bertz CT molecular complexity index is 128. The molecule has 3 atom stereocenters. The summed E-state index contributed by atoms with van der Waals surface area (Å²) in [5.74, 6) is 3.04. The molecule has 0 N–H and O–H groups in total. The van der Waals surface area contributed by atoms with Crippen molar-refractivity contribution in [3.8, 4) is 0 Å². The van der Waals surface area contributed by atoms with Crippen LogP contribution in [0.15, 0.2) is 0 Å². The van der Waals surface area contributed by atoms with E-state index in [-0.39, 0.29) is 0 Å². The molecule has 0 aromatic heterocycles. The van der Waals surface area contributed by atoms with Crippen LogP contribution in [0.5, 0.6) is 0 Å². The Morgan fingerprint density at radius 1 is 1.08 bits per heavy atom.